The molecule has 3 nitrogen and oxygen atoms in total. The van der Waals surface area contributed by atoms with Gasteiger partial charge >= 0.3 is 0 Å². The van der Waals surface area contributed by atoms with Gasteiger partial charge in [0.15, 0.2) is 0 Å². The van der Waals surface area contributed by atoms with E-state index in [2.05, 4.69) is 76.4 Å². The monoisotopic (exact) mass is 327 g/mol. The van der Waals surface area contributed by atoms with Crippen LogP contribution in [0.4, 0.5) is 0 Å². The summed E-state index contributed by atoms with van der Waals surface area (Å²) in [5.41, 5.74) is 4.89. The first-order chi connectivity index (χ1) is 11.3. The average Bonchev–Trinajstić information content (AvgIpc) is 2.55. The van der Waals surface area contributed by atoms with Crippen LogP contribution in [-0.4, -0.2) is 15.0 Å². The summed E-state index contributed by atoms with van der Waals surface area (Å²) in [7, 11) is 0. The van der Waals surface area contributed by atoms with E-state index in [1.165, 1.54) is 11.3 Å². The fourth-order valence-electron chi connectivity index (χ4n) is 2.65. The molecule has 0 fully saturated rings. The number of rotatable bonds is 4. The molecule has 0 N–H and O–H groups in total. The van der Waals surface area contributed by atoms with E-state index >= 15 is 0 Å². The number of nitrogens with zero attached hydrogens (tertiary/aromatic N) is 3. The molecule has 0 spiro atoms. The van der Waals surface area contributed by atoms with Crippen molar-refractivity contribution in [2.75, 3.05) is 0 Å². The van der Waals surface area contributed by atoms with E-state index in [9.17, 15) is 0 Å². The molecule has 0 aliphatic heterocycles. The van der Waals surface area contributed by atoms with Crippen LogP contribution < -0.4 is 0 Å². The molecule has 0 saturated carbocycles. The van der Waals surface area contributed by atoms with Crippen LogP contribution in [0, 0.1) is 0 Å². The molecule has 0 unspecified atom stereocenters. The Morgan fingerprint density at radius 2 is 0.958 bits per heavy atom. The van der Waals surface area contributed by atoms with Gasteiger partial charge in [0.25, 0.3) is 0 Å². The second-order valence-electron chi connectivity index (χ2n) is 7.42. The second kappa shape index (κ2) is 9.51. The SMILES string of the molecule is CC(C)c1cccnc1C(C)C.CC(C)c1nccnc1C(C)C. The van der Waals surface area contributed by atoms with E-state index < -0.39 is 0 Å². The quantitative estimate of drug-likeness (QED) is 0.686. The molecular weight excluding hydrogens is 294 g/mol. The molecule has 24 heavy (non-hydrogen) atoms. The number of aromatic nitrogens is 3. The van der Waals surface area contributed by atoms with Crippen molar-refractivity contribution in [1.82, 2.24) is 15.0 Å². The van der Waals surface area contributed by atoms with Crippen LogP contribution in [0.15, 0.2) is 30.7 Å². The minimum Gasteiger partial charge on any atom is -0.261 e. The summed E-state index contributed by atoms with van der Waals surface area (Å²) in [5.74, 6) is 2.05. The Kier molecular flexibility index (Phi) is 8.03. The lowest BCUT2D eigenvalue weighted by Gasteiger charge is -2.13. The first-order valence-electron chi connectivity index (χ1n) is 9.01. The van der Waals surface area contributed by atoms with E-state index in [-0.39, 0.29) is 0 Å². The van der Waals surface area contributed by atoms with Crippen molar-refractivity contribution >= 4 is 0 Å². The number of hydrogen-bond acceptors (Lipinski definition) is 3. The highest BCUT2D eigenvalue weighted by atomic mass is 14.8. The Labute approximate surface area is 148 Å². The van der Waals surface area contributed by atoms with E-state index in [1.54, 1.807) is 12.4 Å². The summed E-state index contributed by atoms with van der Waals surface area (Å²) in [6, 6.07) is 4.19. The van der Waals surface area contributed by atoms with Gasteiger partial charge in [-0.3, -0.25) is 15.0 Å². The van der Waals surface area contributed by atoms with Gasteiger partial charge in [0.05, 0.1) is 11.4 Å². The topological polar surface area (TPSA) is 38.7 Å². The van der Waals surface area contributed by atoms with Gasteiger partial charge in [0, 0.05) is 24.3 Å². The van der Waals surface area contributed by atoms with Gasteiger partial charge in [-0.2, -0.15) is 0 Å². The Bertz CT molecular complexity index is 506. The van der Waals surface area contributed by atoms with Crippen LogP contribution in [0.3, 0.4) is 0 Å². The zero-order valence-electron chi connectivity index (χ0n) is 16.5. The summed E-state index contributed by atoms with van der Waals surface area (Å²) in [6.45, 7) is 17.4. The Hall–Kier alpha value is -1.77. The minimum atomic E-state index is 0.469. The lowest BCUT2D eigenvalue weighted by molar-refractivity contribution is 0.726. The summed E-state index contributed by atoms with van der Waals surface area (Å²) in [4.78, 5) is 13.1. The molecule has 132 valence electrons. The molecule has 0 saturated heterocycles. The molecule has 0 aliphatic rings. The van der Waals surface area contributed by atoms with Gasteiger partial charge in [-0.1, -0.05) is 61.5 Å². The van der Waals surface area contributed by atoms with Gasteiger partial charge in [-0.15, -0.1) is 0 Å². The van der Waals surface area contributed by atoms with Gasteiger partial charge in [0.2, 0.25) is 0 Å². The van der Waals surface area contributed by atoms with Crippen LogP contribution in [0.1, 0.15) is 102 Å². The zero-order valence-corrected chi connectivity index (χ0v) is 16.5. The fraction of sp³-hybridized carbons (Fsp3) is 0.571. The molecule has 0 bridgehead atoms. The van der Waals surface area contributed by atoms with E-state index in [4.69, 9.17) is 0 Å². The van der Waals surface area contributed by atoms with Crippen LogP contribution in [0.2, 0.25) is 0 Å². The maximum Gasteiger partial charge on any atom is 0.0646 e. The number of hydrogen-bond donors (Lipinski definition) is 0. The Balaban J connectivity index is 0.000000240. The molecule has 0 amide bonds. The molecular formula is C21H33N3. The third-order valence-corrected chi connectivity index (χ3v) is 3.89. The first kappa shape index (κ1) is 20.3. The Morgan fingerprint density at radius 3 is 1.29 bits per heavy atom. The largest absolute Gasteiger partial charge is 0.261 e. The highest BCUT2D eigenvalue weighted by Gasteiger charge is 2.11. The molecule has 0 aliphatic carbocycles. The highest BCUT2D eigenvalue weighted by Crippen LogP contribution is 2.23. The van der Waals surface area contributed by atoms with E-state index in [0.717, 1.165) is 11.4 Å². The van der Waals surface area contributed by atoms with Gasteiger partial charge in [0.1, 0.15) is 0 Å². The van der Waals surface area contributed by atoms with Crippen LogP contribution >= 0.6 is 0 Å². The third kappa shape index (κ3) is 5.70. The van der Waals surface area contributed by atoms with Crippen molar-refractivity contribution in [2.24, 2.45) is 0 Å². The van der Waals surface area contributed by atoms with Crippen LogP contribution in [0.25, 0.3) is 0 Å². The van der Waals surface area contributed by atoms with Crippen molar-refractivity contribution < 1.29 is 0 Å². The van der Waals surface area contributed by atoms with Crippen LogP contribution in [0.5, 0.6) is 0 Å². The van der Waals surface area contributed by atoms with Crippen molar-refractivity contribution in [3.63, 3.8) is 0 Å². The van der Waals surface area contributed by atoms with Crippen molar-refractivity contribution in [1.29, 1.82) is 0 Å². The summed E-state index contributed by atoms with van der Waals surface area (Å²) in [5, 5.41) is 0. The van der Waals surface area contributed by atoms with Gasteiger partial charge in [-0.05, 0) is 35.3 Å². The van der Waals surface area contributed by atoms with Crippen molar-refractivity contribution in [2.45, 2.75) is 79.1 Å². The smallest absolute Gasteiger partial charge is 0.0646 e. The predicted octanol–water partition coefficient (Wildman–Crippen LogP) is 6.05. The Morgan fingerprint density at radius 1 is 0.542 bits per heavy atom. The molecule has 0 radical (unpaired) electrons. The first-order valence-corrected chi connectivity index (χ1v) is 9.01. The van der Waals surface area contributed by atoms with Crippen LogP contribution in [-0.2, 0) is 0 Å². The highest BCUT2D eigenvalue weighted by molar-refractivity contribution is 5.25. The van der Waals surface area contributed by atoms with E-state index in [1.807, 2.05) is 12.3 Å². The molecule has 0 aromatic carbocycles. The molecule has 2 rings (SSSR count). The average molecular weight is 328 g/mol. The lowest BCUT2D eigenvalue weighted by atomic mass is 9.96. The standard InChI is InChI=1S/C11H17N.C10H16N2/c1-8(2)10-6-5-7-12-11(10)9(3)4;1-7(2)9-10(8(3)4)12-6-5-11-9/h5-9H,1-4H3;5-8H,1-4H3. The molecule has 2 aromatic rings. The molecule has 0 atom stereocenters. The number of pyridine rings is 1. The van der Waals surface area contributed by atoms with Gasteiger partial charge in [-0.25, -0.2) is 0 Å². The predicted molar refractivity (Wildman–Crippen MR) is 103 cm³/mol. The maximum atomic E-state index is 4.40. The van der Waals surface area contributed by atoms with Crippen molar-refractivity contribution in [3.05, 3.63) is 53.4 Å². The molecule has 2 aromatic heterocycles. The van der Waals surface area contributed by atoms with E-state index in [0.29, 0.717) is 23.7 Å². The fourth-order valence-corrected chi connectivity index (χ4v) is 2.65. The lowest BCUT2D eigenvalue weighted by Crippen LogP contribution is -2.03. The molecule has 2 heterocycles. The summed E-state index contributed by atoms with van der Waals surface area (Å²) >= 11 is 0. The summed E-state index contributed by atoms with van der Waals surface area (Å²) < 4.78 is 0. The summed E-state index contributed by atoms with van der Waals surface area (Å²) in [6.07, 6.45) is 5.41. The maximum absolute atomic E-state index is 4.40. The third-order valence-electron chi connectivity index (χ3n) is 3.89. The zero-order chi connectivity index (χ0) is 18.3. The normalized spacial score (nSPS) is 11.2. The molecule has 3 heteroatoms. The van der Waals surface area contributed by atoms with Gasteiger partial charge < -0.3 is 0 Å². The minimum absolute atomic E-state index is 0.469. The van der Waals surface area contributed by atoms with Crippen molar-refractivity contribution in [3.8, 4) is 0 Å². The second-order valence-corrected chi connectivity index (χ2v) is 7.42.